The molecule has 1 aliphatic rings. The fourth-order valence-electron chi connectivity index (χ4n) is 1.96. The van der Waals surface area contributed by atoms with E-state index in [1.165, 1.54) is 18.4 Å². The van der Waals surface area contributed by atoms with Gasteiger partial charge in [-0.1, -0.05) is 0 Å². The molecule has 1 aromatic heterocycles. The lowest BCUT2D eigenvalue weighted by Crippen LogP contribution is -2.19. The quantitative estimate of drug-likeness (QED) is 0.807. The Kier molecular flexibility index (Phi) is 3.20. The van der Waals surface area contributed by atoms with Crippen LogP contribution in [0, 0.1) is 11.3 Å². The summed E-state index contributed by atoms with van der Waals surface area (Å²) >= 11 is 1.27. The summed E-state index contributed by atoms with van der Waals surface area (Å²) in [5, 5.41) is 9.73. The minimum absolute atomic E-state index is 0.242. The molecule has 0 aromatic carbocycles. The Hall–Kier alpha value is -1.74. The molecule has 0 unspecified atom stereocenters. The van der Waals surface area contributed by atoms with E-state index < -0.39 is 5.97 Å². The van der Waals surface area contributed by atoms with Gasteiger partial charge in [-0.3, -0.25) is 0 Å². The van der Waals surface area contributed by atoms with Gasteiger partial charge in [-0.05, 0) is 12.8 Å². The summed E-state index contributed by atoms with van der Waals surface area (Å²) in [6.45, 7) is 1.80. The molecule has 0 amide bonds. The van der Waals surface area contributed by atoms with Crippen LogP contribution in [0.4, 0.5) is 10.7 Å². The molecule has 1 aliphatic heterocycles. The Bertz CT molecular complexity index is 484. The third kappa shape index (κ3) is 1.94. The molecule has 1 saturated heterocycles. The van der Waals surface area contributed by atoms with Gasteiger partial charge in [0.05, 0.1) is 12.8 Å². The zero-order valence-corrected chi connectivity index (χ0v) is 10.3. The SMILES string of the molecule is COC(=O)c1c(N2CCCC2)sc(C#N)c1N. The Morgan fingerprint density at radius 1 is 1.53 bits per heavy atom. The van der Waals surface area contributed by atoms with Crippen molar-refractivity contribution in [3.05, 3.63) is 10.4 Å². The van der Waals surface area contributed by atoms with Crippen molar-refractivity contribution in [3.63, 3.8) is 0 Å². The fourth-order valence-corrected chi connectivity index (χ4v) is 3.01. The summed E-state index contributed by atoms with van der Waals surface area (Å²) in [6, 6.07) is 2.02. The normalized spacial score (nSPS) is 14.7. The van der Waals surface area contributed by atoms with Crippen molar-refractivity contribution in [2.45, 2.75) is 12.8 Å². The number of carbonyl (C=O) groups is 1. The van der Waals surface area contributed by atoms with E-state index >= 15 is 0 Å². The molecule has 0 bridgehead atoms. The van der Waals surface area contributed by atoms with Crippen LogP contribution in [-0.2, 0) is 4.74 Å². The highest BCUT2D eigenvalue weighted by atomic mass is 32.1. The largest absolute Gasteiger partial charge is 0.465 e. The molecule has 5 nitrogen and oxygen atoms in total. The van der Waals surface area contributed by atoms with Gasteiger partial charge in [0.1, 0.15) is 21.5 Å². The van der Waals surface area contributed by atoms with E-state index in [2.05, 4.69) is 4.90 Å². The van der Waals surface area contributed by atoms with Crippen LogP contribution in [-0.4, -0.2) is 26.2 Å². The Morgan fingerprint density at radius 3 is 2.71 bits per heavy atom. The van der Waals surface area contributed by atoms with Crippen LogP contribution >= 0.6 is 11.3 Å². The van der Waals surface area contributed by atoms with Gasteiger partial charge >= 0.3 is 5.97 Å². The minimum Gasteiger partial charge on any atom is -0.465 e. The summed E-state index contributed by atoms with van der Waals surface area (Å²) < 4.78 is 4.73. The molecule has 6 heteroatoms. The van der Waals surface area contributed by atoms with Gasteiger partial charge in [0.15, 0.2) is 0 Å². The average Bonchev–Trinajstić information content (AvgIpc) is 2.95. The first-order valence-corrected chi connectivity index (χ1v) is 6.16. The molecular weight excluding hydrogens is 238 g/mol. The summed E-state index contributed by atoms with van der Waals surface area (Å²) in [4.78, 5) is 14.2. The maximum absolute atomic E-state index is 11.7. The van der Waals surface area contributed by atoms with E-state index in [-0.39, 0.29) is 5.69 Å². The van der Waals surface area contributed by atoms with E-state index in [9.17, 15) is 4.79 Å². The lowest BCUT2D eigenvalue weighted by Gasteiger charge is -2.16. The first-order valence-electron chi connectivity index (χ1n) is 5.34. The van der Waals surface area contributed by atoms with E-state index in [4.69, 9.17) is 15.7 Å². The van der Waals surface area contributed by atoms with Crippen LogP contribution in [0.2, 0.25) is 0 Å². The number of nitriles is 1. The smallest absolute Gasteiger partial charge is 0.343 e. The topological polar surface area (TPSA) is 79.3 Å². The molecule has 1 fully saturated rings. The van der Waals surface area contributed by atoms with E-state index in [0.29, 0.717) is 10.4 Å². The number of thiophene rings is 1. The van der Waals surface area contributed by atoms with Crippen molar-refractivity contribution in [1.29, 1.82) is 5.26 Å². The van der Waals surface area contributed by atoms with Gasteiger partial charge in [-0.15, -0.1) is 11.3 Å². The third-order valence-corrected chi connectivity index (χ3v) is 3.98. The van der Waals surface area contributed by atoms with Crippen molar-refractivity contribution in [3.8, 4) is 6.07 Å². The minimum atomic E-state index is -0.470. The van der Waals surface area contributed by atoms with E-state index in [1.807, 2.05) is 6.07 Å². The lowest BCUT2D eigenvalue weighted by atomic mass is 10.2. The summed E-state index contributed by atoms with van der Waals surface area (Å²) in [6.07, 6.45) is 2.20. The second-order valence-electron chi connectivity index (χ2n) is 3.82. The number of methoxy groups -OCH3 is 1. The molecule has 0 atom stereocenters. The number of hydrogen-bond donors (Lipinski definition) is 1. The van der Waals surface area contributed by atoms with Crippen molar-refractivity contribution < 1.29 is 9.53 Å². The second kappa shape index (κ2) is 4.63. The zero-order valence-electron chi connectivity index (χ0n) is 9.52. The molecule has 17 heavy (non-hydrogen) atoms. The van der Waals surface area contributed by atoms with Crippen LogP contribution in [0.5, 0.6) is 0 Å². The predicted molar refractivity (Wildman–Crippen MR) is 66.2 cm³/mol. The summed E-state index contributed by atoms with van der Waals surface area (Å²) in [5.41, 5.74) is 6.40. The number of nitrogens with two attached hydrogens (primary N) is 1. The average molecular weight is 251 g/mol. The maximum Gasteiger partial charge on any atom is 0.343 e. The highest BCUT2D eigenvalue weighted by Crippen LogP contribution is 2.39. The number of ether oxygens (including phenoxy) is 1. The van der Waals surface area contributed by atoms with Crippen LogP contribution < -0.4 is 10.6 Å². The first-order chi connectivity index (χ1) is 8.19. The number of rotatable bonds is 2. The van der Waals surface area contributed by atoms with Gasteiger partial charge < -0.3 is 15.4 Å². The number of esters is 1. The van der Waals surface area contributed by atoms with Crippen LogP contribution in [0.1, 0.15) is 28.1 Å². The highest BCUT2D eigenvalue weighted by molar-refractivity contribution is 7.17. The van der Waals surface area contributed by atoms with Crippen molar-refractivity contribution in [2.24, 2.45) is 0 Å². The Morgan fingerprint density at radius 2 is 2.18 bits per heavy atom. The van der Waals surface area contributed by atoms with Gasteiger partial charge in [0.25, 0.3) is 0 Å². The second-order valence-corrected chi connectivity index (χ2v) is 4.82. The monoisotopic (exact) mass is 251 g/mol. The zero-order chi connectivity index (χ0) is 12.4. The number of anilines is 2. The number of hydrogen-bond acceptors (Lipinski definition) is 6. The Labute approximate surface area is 103 Å². The molecule has 0 radical (unpaired) electrons. The lowest BCUT2D eigenvalue weighted by molar-refractivity contribution is 0.0603. The first kappa shape index (κ1) is 11.7. The molecular formula is C11H13N3O2S. The molecule has 2 heterocycles. The molecule has 1 aromatic rings. The maximum atomic E-state index is 11.7. The predicted octanol–water partition coefficient (Wildman–Crippen LogP) is 1.59. The molecule has 90 valence electrons. The number of nitrogens with zero attached hydrogens (tertiary/aromatic N) is 2. The summed E-state index contributed by atoms with van der Waals surface area (Å²) in [5.74, 6) is -0.470. The van der Waals surface area contributed by atoms with Crippen molar-refractivity contribution >= 4 is 28.0 Å². The molecule has 0 aliphatic carbocycles. The third-order valence-electron chi connectivity index (χ3n) is 2.81. The van der Waals surface area contributed by atoms with Crippen LogP contribution in [0.3, 0.4) is 0 Å². The molecule has 2 rings (SSSR count). The molecule has 0 saturated carbocycles. The van der Waals surface area contributed by atoms with E-state index in [1.54, 1.807) is 0 Å². The highest BCUT2D eigenvalue weighted by Gasteiger charge is 2.27. The molecule has 0 spiro atoms. The van der Waals surface area contributed by atoms with Gasteiger partial charge in [0, 0.05) is 13.1 Å². The van der Waals surface area contributed by atoms with Crippen molar-refractivity contribution in [2.75, 3.05) is 30.8 Å². The Balaban J connectivity index is 2.49. The van der Waals surface area contributed by atoms with Crippen molar-refractivity contribution in [1.82, 2.24) is 0 Å². The van der Waals surface area contributed by atoms with Crippen LogP contribution in [0.15, 0.2) is 0 Å². The summed E-state index contributed by atoms with van der Waals surface area (Å²) in [7, 11) is 1.32. The van der Waals surface area contributed by atoms with Gasteiger partial charge in [0.2, 0.25) is 0 Å². The van der Waals surface area contributed by atoms with E-state index in [0.717, 1.165) is 30.9 Å². The van der Waals surface area contributed by atoms with Gasteiger partial charge in [-0.25, -0.2) is 4.79 Å². The number of nitrogen functional groups attached to an aromatic ring is 1. The van der Waals surface area contributed by atoms with Crippen LogP contribution in [0.25, 0.3) is 0 Å². The van der Waals surface area contributed by atoms with Gasteiger partial charge in [-0.2, -0.15) is 5.26 Å². The fraction of sp³-hybridized carbons (Fsp3) is 0.455. The molecule has 2 N–H and O–H groups in total. The number of carbonyl (C=O) groups excluding carboxylic acids is 1. The standard InChI is InChI=1S/C11H13N3O2S/c1-16-11(15)8-9(13)7(6-12)17-10(8)14-4-2-3-5-14/h2-5,13H2,1H3.